The Kier molecular flexibility index (Phi) is 4.63. The van der Waals surface area contributed by atoms with Gasteiger partial charge >= 0.3 is 0 Å². The van der Waals surface area contributed by atoms with E-state index in [0.717, 1.165) is 30.8 Å². The van der Waals surface area contributed by atoms with Gasteiger partial charge in [-0.1, -0.05) is 6.92 Å². The molecule has 19 heavy (non-hydrogen) atoms. The Labute approximate surface area is 114 Å². The molecule has 0 fully saturated rings. The standard InChI is InChI=1S/C14H21N5/c1-4-5-15-13(6-12-8-18-19(3)10-12)14-9-16-11(2)7-17-14/h7-10,13,15H,4-6H2,1-3H3. The summed E-state index contributed by atoms with van der Waals surface area (Å²) >= 11 is 0. The van der Waals surface area contributed by atoms with Crippen molar-refractivity contribution in [2.24, 2.45) is 7.05 Å². The molecule has 2 aromatic heterocycles. The maximum atomic E-state index is 4.48. The van der Waals surface area contributed by atoms with Gasteiger partial charge in [-0.3, -0.25) is 14.6 Å². The lowest BCUT2D eigenvalue weighted by atomic mass is 10.1. The fraction of sp³-hybridized carbons (Fsp3) is 0.500. The van der Waals surface area contributed by atoms with E-state index in [9.17, 15) is 0 Å². The average molecular weight is 259 g/mol. The molecule has 5 nitrogen and oxygen atoms in total. The van der Waals surface area contributed by atoms with E-state index in [4.69, 9.17) is 0 Å². The van der Waals surface area contributed by atoms with Crippen molar-refractivity contribution in [1.29, 1.82) is 0 Å². The van der Waals surface area contributed by atoms with E-state index in [2.05, 4.69) is 27.3 Å². The fourth-order valence-corrected chi connectivity index (χ4v) is 2.00. The molecule has 0 amide bonds. The summed E-state index contributed by atoms with van der Waals surface area (Å²) in [6, 6.07) is 0.192. The Morgan fingerprint density at radius 3 is 2.68 bits per heavy atom. The summed E-state index contributed by atoms with van der Waals surface area (Å²) in [6.45, 7) is 5.09. The second kappa shape index (κ2) is 6.43. The maximum absolute atomic E-state index is 4.48. The van der Waals surface area contributed by atoms with Crippen LogP contribution in [0.5, 0.6) is 0 Å². The van der Waals surface area contributed by atoms with Gasteiger partial charge in [0.2, 0.25) is 0 Å². The molecule has 2 heterocycles. The van der Waals surface area contributed by atoms with Gasteiger partial charge in [-0.25, -0.2) is 0 Å². The van der Waals surface area contributed by atoms with Crippen LogP contribution < -0.4 is 5.32 Å². The minimum Gasteiger partial charge on any atom is -0.308 e. The predicted octanol–water partition coefficient (Wildman–Crippen LogP) is 1.80. The Morgan fingerprint density at radius 1 is 1.26 bits per heavy atom. The van der Waals surface area contributed by atoms with Crippen molar-refractivity contribution >= 4 is 0 Å². The van der Waals surface area contributed by atoms with Crippen LogP contribution in [0.15, 0.2) is 24.8 Å². The first-order valence-electron chi connectivity index (χ1n) is 6.68. The molecular formula is C14H21N5. The molecular weight excluding hydrogens is 238 g/mol. The molecule has 1 unspecified atom stereocenters. The van der Waals surface area contributed by atoms with Crippen molar-refractivity contribution in [3.8, 4) is 0 Å². The van der Waals surface area contributed by atoms with Gasteiger partial charge in [0.1, 0.15) is 0 Å². The third-order valence-corrected chi connectivity index (χ3v) is 3.00. The van der Waals surface area contributed by atoms with Gasteiger partial charge in [-0.15, -0.1) is 0 Å². The van der Waals surface area contributed by atoms with Crippen LogP contribution in [0.4, 0.5) is 0 Å². The van der Waals surface area contributed by atoms with E-state index < -0.39 is 0 Å². The van der Waals surface area contributed by atoms with Crippen LogP contribution in [0.3, 0.4) is 0 Å². The number of nitrogens with one attached hydrogen (secondary N) is 1. The zero-order chi connectivity index (χ0) is 13.7. The van der Waals surface area contributed by atoms with Crippen LogP contribution in [-0.4, -0.2) is 26.3 Å². The van der Waals surface area contributed by atoms with E-state index in [1.165, 1.54) is 5.56 Å². The highest BCUT2D eigenvalue weighted by Gasteiger charge is 2.14. The van der Waals surface area contributed by atoms with Crippen LogP contribution in [0.2, 0.25) is 0 Å². The van der Waals surface area contributed by atoms with Crippen LogP contribution in [0.1, 0.15) is 36.3 Å². The van der Waals surface area contributed by atoms with Crippen molar-refractivity contribution in [3.05, 3.63) is 41.7 Å². The first kappa shape index (κ1) is 13.7. The molecule has 0 saturated heterocycles. The highest BCUT2D eigenvalue weighted by Crippen LogP contribution is 2.15. The van der Waals surface area contributed by atoms with Crippen LogP contribution in [0.25, 0.3) is 0 Å². The lowest BCUT2D eigenvalue weighted by Gasteiger charge is -2.17. The monoisotopic (exact) mass is 259 g/mol. The van der Waals surface area contributed by atoms with Gasteiger partial charge in [0.05, 0.1) is 29.8 Å². The van der Waals surface area contributed by atoms with Crippen molar-refractivity contribution in [3.63, 3.8) is 0 Å². The summed E-state index contributed by atoms with van der Waals surface area (Å²) in [5.41, 5.74) is 3.14. The molecule has 0 spiro atoms. The number of aromatic nitrogens is 4. The normalized spacial score (nSPS) is 12.6. The van der Waals surface area contributed by atoms with Gasteiger partial charge in [0.25, 0.3) is 0 Å². The Bertz CT molecular complexity index is 503. The third kappa shape index (κ3) is 3.86. The largest absolute Gasteiger partial charge is 0.308 e. The highest BCUT2D eigenvalue weighted by atomic mass is 15.2. The molecule has 0 aromatic carbocycles. The Balaban J connectivity index is 2.13. The molecule has 2 rings (SSSR count). The van der Waals surface area contributed by atoms with Gasteiger partial charge in [-0.2, -0.15) is 5.10 Å². The van der Waals surface area contributed by atoms with Crippen LogP contribution in [-0.2, 0) is 13.5 Å². The van der Waals surface area contributed by atoms with Gasteiger partial charge in [0, 0.05) is 19.4 Å². The summed E-state index contributed by atoms with van der Waals surface area (Å²) < 4.78 is 1.83. The summed E-state index contributed by atoms with van der Waals surface area (Å²) in [6.07, 6.45) is 9.61. The molecule has 2 aromatic rings. The first-order valence-corrected chi connectivity index (χ1v) is 6.68. The number of rotatable bonds is 6. The highest BCUT2D eigenvalue weighted by molar-refractivity contribution is 5.13. The third-order valence-electron chi connectivity index (χ3n) is 3.00. The van der Waals surface area contributed by atoms with E-state index in [1.54, 1.807) is 0 Å². The lowest BCUT2D eigenvalue weighted by Crippen LogP contribution is -2.25. The molecule has 0 saturated carbocycles. The van der Waals surface area contributed by atoms with Gasteiger partial charge in [0.15, 0.2) is 0 Å². The Morgan fingerprint density at radius 2 is 2.11 bits per heavy atom. The molecule has 102 valence electrons. The van der Waals surface area contributed by atoms with Crippen LogP contribution in [0, 0.1) is 6.92 Å². The van der Waals surface area contributed by atoms with E-state index in [1.807, 2.05) is 43.4 Å². The molecule has 1 atom stereocenters. The van der Waals surface area contributed by atoms with Crippen molar-refractivity contribution in [2.45, 2.75) is 32.7 Å². The molecule has 0 bridgehead atoms. The molecule has 0 aliphatic heterocycles. The quantitative estimate of drug-likeness (QED) is 0.859. The molecule has 1 N–H and O–H groups in total. The summed E-state index contributed by atoms with van der Waals surface area (Å²) in [7, 11) is 1.93. The molecule has 0 aliphatic carbocycles. The van der Waals surface area contributed by atoms with E-state index in [-0.39, 0.29) is 6.04 Å². The predicted molar refractivity (Wildman–Crippen MR) is 74.7 cm³/mol. The second-order valence-corrected chi connectivity index (χ2v) is 4.82. The SMILES string of the molecule is CCCNC(Cc1cnn(C)c1)c1cnc(C)cn1. The van der Waals surface area contributed by atoms with Crippen molar-refractivity contribution in [2.75, 3.05) is 6.54 Å². The minimum atomic E-state index is 0.192. The van der Waals surface area contributed by atoms with Gasteiger partial charge in [-0.05, 0) is 31.9 Å². The molecule has 0 radical (unpaired) electrons. The average Bonchev–Trinajstić information content (AvgIpc) is 2.81. The number of aryl methyl sites for hydroxylation is 2. The van der Waals surface area contributed by atoms with Gasteiger partial charge < -0.3 is 5.32 Å². The molecule has 5 heteroatoms. The minimum absolute atomic E-state index is 0.192. The fourth-order valence-electron chi connectivity index (χ4n) is 2.00. The summed E-state index contributed by atoms with van der Waals surface area (Å²) in [5, 5.41) is 7.73. The second-order valence-electron chi connectivity index (χ2n) is 4.82. The number of hydrogen-bond acceptors (Lipinski definition) is 4. The first-order chi connectivity index (χ1) is 9.19. The van der Waals surface area contributed by atoms with Crippen molar-refractivity contribution in [1.82, 2.24) is 25.1 Å². The number of hydrogen-bond donors (Lipinski definition) is 1. The smallest absolute Gasteiger partial charge is 0.0759 e. The van der Waals surface area contributed by atoms with E-state index in [0.29, 0.717) is 0 Å². The summed E-state index contributed by atoms with van der Waals surface area (Å²) in [5.74, 6) is 0. The maximum Gasteiger partial charge on any atom is 0.0759 e. The Hall–Kier alpha value is -1.75. The lowest BCUT2D eigenvalue weighted by molar-refractivity contribution is 0.515. The van der Waals surface area contributed by atoms with E-state index >= 15 is 0 Å². The number of nitrogens with zero attached hydrogens (tertiary/aromatic N) is 4. The molecule has 0 aliphatic rings. The zero-order valence-electron chi connectivity index (χ0n) is 11.8. The summed E-state index contributed by atoms with van der Waals surface area (Å²) in [4.78, 5) is 8.81. The van der Waals surface area contributed by atoms with Crippen molar-refractivity contribution < 1.29 is 0 Å². The van der Waals surface area contributed by atoms with Crippen LogP contribution >= 0.6 is 0 Å². The zero-order valence-corrected chi connectivity index (χ0v) is 11.8. The topological polar surface area (TPSA) is 55.6 Å².